The molecule has 0 spiro atoms. The smallest absolute Gasteiger partial charge is 0.214 e. The van der Waals surface area contributed by atoms with Gasteiger partial charge in [0.05, 0.1) is 5.69 Å². The summed E-state index contributed by atoms with van der Waals surface area (Å²) in [5.74, 6) is 1.39. The van der Waals surface area contributed by atoms with E-state index in [0.29, 0.717) is 18.4 Å². The van der Waals surface area contributed by atoms with Gasteiger partial charge in [-0.15, -0.1) is 12.4 Å². The summed E-state index contributed by atoms with van der Waals surface area (Å²) in [4.78, 5) is 13.7. The molecule has 3 heterocycles. The molecule has 0 aromatic carbocycles. The standard InChI is InChI=1S/C23H23N3O.ClH/c1-2-7-22-20(6-1)21(18-11-17(13-24-14-18)16-8-9-16)12-23(26-22)27-15-19-5-3-4-10-25-19;/h3-5,10-14,16H,1-2,6-9,15H2;1H. The zero-order valence-electron chi connectivity index (χ0n) is 15.8. The monoisotopic (exact) mass is 393 g/mol. The molecule has 4 nitrogen and oxygen atoms in total. The highest BCUT2D eigenvalue weighted by Gasteiger charge is 2.25. The molecule has 1 saturated carbocycles. The quantitative estimate of drug-likeness (QED) is 0.590. The first kappa shape index (κ1) is 18.9. The van der Waals surface area contributed by atoms with Crippen molar-refractivity contribution >= 4 is 12.4 Å². The minimum absolute atomic E-state index is 0. The van der Waals surface area contributed by atoms with Crippen LogP contribution in [0.4, 0.5) is 0 Å². The Balaban J connectivity index is 0.00000192. The average Bonchev–Trinajstić information content (AvgIpc) is 3.58. The number of pyridine rings is 3. The lowest BCUT2D eigenvalue weighted by Crippen LogP contribution is -2.09. The van der Waals surface area contributed by atoms with Gasteiger partial charge in [0.1, 0.15) is 6.61 Å². The maximum absolute atomic E-state index is 6.02. The fraction of sp³-hybridized carbons (Fsp3) is 0.348. The summed E-state index contributed by atoms with van der Waals surface area (Å²) >= 11 is 0. The van der Waals surface area contributed by atoms with Gasteiger partial charge in [-0.1, -0.05) is 6.07 Å². The number of rotatable bonds is 5. The topological polar surface area (TPSA) is 47.9 Å². The maximum Gasteiger partial charge on any atom is 0.214 e. The Labute approximate surface area is 171 Å². The van der Waals surface area contributed by atoms with Gasteiger partial charge in [0.15, 0.2) is 0 Å². The van der Waals surface area contributed by atoms with Crippen LogP contribution in [-0.4, -0.2) is 15.0 Å². The van der Waals surface area contributed by atoms with Crippen LogP contribution in [0.1, 0.15) is 54.1 Å². The number of hydrogen-bond acceptors (Lipinski definition) is 4. The van der Waals surface area contributed by atoms with Gasteiger partial charge in [-0.25, -0.2) is 4.98 Å². The van der Waals surface area contributed by atoms with E-state index in [9.17, 15) is 0 Å². The molecule has 2 aliphatic carbocycles. The van der Waals surface area contributed by atoms with Gasteiger partial charge in [-0.3, -0.25) is 9.97 Å². The highest BCUT2D eigenvalue weighted by atomic mass is 35.5. The Hall–Kier alpha value is -2.46. The van der Waals surface area contributed by atoms with Gasteiger partial charge in [0.25, 0.3) is 0 Å². The number of ether oxygens (including phenoxy) is 1. The van der Waals surface area contributed by atoms with Crippen LogP contribution in [-0.2, 0) is 19.4 Å². The molecule has 144 valence electrons. The van der Waals surface area contributed by atoms with E-state index in [1.165, 1.54) is 53.6 Å². The molecule has 1 fully saturated rings. The lowest BCUT2D eigenvalue weighted by atomic mass is 9.89. The minimum atomic E-state index is 0. The highest BCUT2D eigenvalue weighted by molar-refractivity contribution is 5.85. The van der Waals surface area contributed by atoms with E-state index in [1.807, 2.05) is 30.6 Å². The molecule has 3 aromatic heterocycles. The van der Waals surface area contributed by atoms with Gasteiger partial charge >= 0.3 is 0 Å². The van der Waals surface area contributed by atoms with Crippen molar-refractivity contribution in [2.75, 3.05) is 0 Å². The molecule has 0 saturated heterocycles. The Kier molecular flexibility index (Phi) is 5.58. The summed E-state index contributed by atoms with van der Waals surface area (Å²) in [5.41, 5.74) is 7.28. The highest BCUT2D eigenvalue weighted by Crippen LogP contribution is 2.41. The summed E-state index contributed by atoms with van der Waals surface area (Å²) in [5, 5.41) is 0. The van der Waals surface area contributed by atoms with Crippen molar-refractivity contribution in [1.29, 1.82) is 0 Å². The molecule has 0 aliphatic heterocycles. The van der Waals surface area contributed by atoms with Crippen molar-refractivity contribution in [3.63, 3.8) is 0 Å². The van der Waals surface area contributed by atoms with Crippen molar-refractivity contribution in [2.24, 2.45) is 0 Å². The van der Waals surface area contributed by atoms with Gasteiger partial charge in [0, 0.05) is 35.9 Å². The molecular formula is C23H24ClN3O. The van der Waals surface area contributed by atoms with Crippen LogP contribution < -0.4 is 4.74 Å². The van der Waals surface area contributed by atoms with E-state index in [1.54, 1.807) is 6.20 Å². The van der Waals surface area contributed by atoms with Crippen LogP contribution in [0.3, 0.4) is 0 Å². The molecule has 0 unspecified atom stereocenters. The molecule has 28 heavy (non-hydrogen) atoms. The van der Waals surface area contributed by atoms with E-state index in [2.05, 4.69) is 22.1 Å². The molecule has 3 aromatic rings. The molecule has 2 aliphatic rings. The fourth-order valence-corrected chi connectivity index (χ4v) is 3.89. The second-order valence-corrected chi connectivity index (χ2v) is 7.53. The van der Waals surface area contributed by atoms with Crippen LogP contribution in [0.25, 0.3) is 11.1 Å². The zero-order chi connectivity index (χ0) is 18.1. The molecule has 5 rings (SSSR count). The van der Waals surface area contributed by atoms with E-state index in [4.69, 9.17) is 9.72 Å². The maximum atomic E-state index is 6.02. The van der Waals surface area contributed by atoms with Crippen molar-refractivity contribution < 1.29 is 4.74 Å². The third-order valence-electron chi connectivity index (χ3n) is 5.49. The predicted octanol–water partition coefficient (Wildman–Crippen LogP) is 5.30. The van der Waals surface area contributed by atoms with Crippen molar-refractivity contribution in [3.8, 4) is 17.0 Å². The van der Waals surface area contributed by atoms with Crippen LogP contribution in [0.5, 0.6) is 5.88 Å². The first-order chi connectivity index (χ1) is 13.4. The van der Waals surface area contributed by atoms with Crippen LogP contribution in [0, 0.1) is 0 Å². The molecule has 0 atom stereocenters. The lowest BCUT2D eigenvalue weighted by Gasteiger charge is -2.20. The summed E-state index contributed by atoms with van der Waals surface area (Å²) in [6.45, 7) is 0.437. The predicted molar refractivity (Wildman–Crippen MR) is 112 cm³/mol. The number of nitrogens with zero attached hydrogens (tertiary/aromatic N) is 3. The zero-order valence-corrected chi connectivity index (χ0v) is 16.6. The number of halogens is 1. The van der Waals surface area contributed by atoms with Crippen LogP contribution in [0.15, 0.2) is 48.9 Å². The largest absolute Gasteiger partial charge is 0.471 e. The average molecular weight is 394 g/mol. The molecule has 0 amide bonds. The SMILES string of the molecule is Cl.c1ccc(COc2cc(-c3cncc(C4CC4)c3)c3c(n2)CCCC3)nc1. The molecule has 0 radical (unpaired) electrons. The molecule has 0 bridgehead atoms. The Morgan fingerprint density at radius 3 is 2.75 bits per heavy atom. The summed E-state index contributed by atoms with van der Waals surface area (Å²) in [6, 6.07) is 10.3. The van der Waals surface area contributed by atoms with E-state index in [0.717, 1.165) is 18.5 Å². The van der Waals surface area contributed by atoms with Crippen molar-refractivity contribution in [1.82, 2.24) is 15.0 Å². The lowest BCUT2D eigenvalue weighted by molar-refractivity contribution is 0.288. The van der Waals surface area contributed by atoms with Crippen molar-refractivity contribution in [2.45, 2.75) is 51.0 Å². The van der Waals surface area contributed by atoms with E-state index < -0.39 is 0 Å². The first-order valence-corrected chi connectivity index (χ1v) is 9.87. The molecular weight excluding hydrogens is 370 g/mol. The van der Waals surface area contributed by atoms with Crippen LogP contribution >= 0.6 is 12.4 Å². The molecule has 0 N–H and O–H groups in total. The fourth-order valence-electron chi connectivity index (χ4n) is 3.89. The van der Waals surface area contributed by atoms with Crippen molar-refractivity contribution in [3.05, 3.63) is 71.4 Å². The number of hydrogen-bond donors (Lipinski definition) is 0. The molecule has 5 heteroatoms. The van der Waals surface area contributed by atoms with Crippen LogP contribution in [0.2, 0.25) is 0 Å². The summed E-state index contributed by atoms with van der Waals surface area (Å²) in [6.07, 6.45) is 12.9. The van der Waals surface area contributed by atoms with Gasteiger partial charge < -0.3 is 4.74 Å². The third-order valence-corrected chi connectivity index (χ3v) is 5.49. The second-order valence-electron chi connectivity index (χ2n) is 7.53. The van der Waals surface area contributed by atoms with E-state index >= 15 is 0 Å². The second kappa shape index (κ2) is 8.27. The van der Waals surface area contributed by atoms with Gasteiger partial charge in [-0.2, -0.15) is 0 Å². The van der Waals surface area contributed by atoms with Gasteiger partial charge in [0.2, 0.25) is 5.88 Å². The first-order valence-electron chi connectivity index (χ1n) is 9.87. The normalized spacial score (nSPS) is 15.4. The summed E-state index contributed by atoms with van der Waals surface area (Å²) < 4.78 is 6.02. The number of fused-ring (bicyclic) bond motifs is 1. The Morgan fingerprint density at radius 1 is 1.04 bits per heavy atom. The Bertz CT molecular complexity index is 957. The summed E-state index contributed by atoms with van der Waals surface area (Å²) in [7, 11) is 0. The van der Waals surface area contributed by atoms with E-state index in [-0.39, 0.29) is 12.4 Å². The minimum Gasteiger partial charge on any atom is -0.471 e. The van der Waals surface area contributed by atoms with Gasteiger partial charge in [-0.05, 0) is 79.3 Å². The Morgan fingerprint density at radius 2 is 1.93 bits per heavy atom. The third kappa shape index (κ3) is 4.02. The number of aromatic nitrogens is 3. The number of aryl methyl sites for hydroxylation is 1.